The summed E-state index contributed by atoms with van der Waals surface area (Å²) >= 11 is 0. The third-order valence-electron chi connectivity index (χ3n) is 3.80. The number of hydrogen-bond donors (Lipinski definition) is 3. The second-order valence-corrected chi connectivity index (χ2v) is 6.06. The lowest BCUT2D eigenvalue weighted by molar-refractivity contribution is -0.137. The Morgan fingerprint density at radius 3 is 2.21 bits per heavy atom. The highest BCUT2D eigenvalue weighted by atomic mass is 35.5. The minimum absolute atomic E-state index is 0. The van der Waals surface area contributed by atoms with Crippen molar-refractivity contribution in [1.82, 2.24) is 5.32 Å². The number of anilines is 2. The van der Waals surface area contributed by atoms with E-state index in [1.165, 1.54) is 24.3 Å². The lowest BCUT2D eigenvalue weighted by Crippen LogP contribution is -2.28. The van der Waals surface area contributed by atoms with E-state index in [4.69, 9.17) is 0 Å². The zero-order valence-corrected chi connectivity index (χ0v) is 16.1. The van der Waals surface area contributed by atoms with E-state index in [-0.39, 0.29) is 35.5 Å². The third-order valence-corrected chi connectivity index (χ3v) is 3.80. The van der Waals surface area contributed by atoms with Gasteiger partial charge in [-0.15, -0.1) is 12.4 Å². The standard InChI is InChI=1S/C19H20F3N3O2.ClH/c1-12(11-23-2)17(26)24-15-7-3-5-13(9-15)18(27)25-16-8-4-6-14(10-16)19(20,21)22;/h3-10,12,23H,11H2,1-2H3,(H,24,26)(H,25,27);1H. The van der Waals surface area contributed by atoms with Gasteiger partial charge >= 0.3 is 6.18 Å². The Morgan fingerprint density at radius 2 is 1.61 bits per heavy atom. The molecule has 0 aliphatic carbocycles. The number of halogens is 4. The van der Waals surface area contributed by atoms with Crippen molar-refractivity contribution in [3.8, 4) is 0 Å². The predicted molar refractivity (Wildman–Crippen MR) is 105 cm³/mol. The highest BCUT2D eigenvalue weighted by Crippen LogP contribution is 2.30. The summed E-state index contributed by atoms with van der Waals surface area (Å²) in [5, 5.41) is 8.04. The zero-order chi connectivity index (χ0) is 20.0. The molecular formula is C19H21ClF3N3O2. The van der Waals surface area contributed by atoms with Crippen LogP contribution < -0.4 is 16.0 Å². The van der Waals surface area contributed by atoms with Crippen molar-refractivity contribution in [2.75, 3.05) is 24.2 Å². The first-order chi connectivity index (χ1) is 12.7. The molecule has 152 valence electrons. The molecule has 0 radical (unpaired) electrons. The number of alkyl halides is 3. The van der Waals surface area contributed by atoms with Crippen molar-refractivity contribution in [3.63, 3.8) is 0 Å². The van der Waals surface area contributed by atoms with Gasteiger partial charge in [0.15, 0.2) is 0 Å². The Balaban J connectivity index is 0.00000392. The van der Waals surface area contributed by atoms with E-state index in [0.29, 0.717) is 12.2 Å². The number of hydrogen-bond acceptors (Lipinski definition) is 3. The molecule has 0 aliphatic heterocycles. The second kappa shape index (κ2) is 10.1. The first-order valence-electron chi connectivity index (χ1n) is 8.25. The molecule has 0 saturated heterocycles. The smallest absolute Gasteiger partial charge is 0.326 e. The summed E-state index contributed by atoms with van der Waals surface area (Å²) in [6.07, 6.45) is -4.49. The molecule has 0 bridgehead atoms. The molecule has 2 amide bonds. The van der Waals surface area contributed by atoms with Crippen LogP contribution in [0.3, 0.4) is 0 Å². The van der Waals surface area contributed by atoms with Crippen LogP contribution in [-0.2, 0) is 11.0 Å². The lowest BCUT2D eigenvalue weighted by Gasteiger charge is -2.13. The fourth-order valence-corrected chi connectivity index (χ4v) is 2.38. The van der Waals surface area contributed by atoms with Crippen LogP contribution in [0.1, 0.15) is 22.8 Å². The first kappa shape index (κ1) is 23.5. The number of amides is 2. The molecule has 1 atom stereocenters. The minimum atomic E-state index is -4.49. The SMILES string of the molecule is CNCC(C)C(=O)Nc1cccc(C(=O)Nc2cccc(C(F)(F)F)c2)c1.Cl. The van der Waals surface area contributed by atoms with Gasteiger partial charge in [-0.3, -0.25) is 9.59 Å². The normalized spacial score (nSPS) is 11.9. The van der Waals surface area contributed by atoms with Gasteiger partial charge in [-0.1, -0.05) is 19.1 Å². The molecule has 0 aromatic heterocycles. The average molecular weight is 416 g/mol. The van der Waals surface area contributed by atoms with Gasteiger partial charge < -0.3 is 16.0 Å². The van der Waals surface area contributed by atoms with Crippen LogP contribution in [0.25, 0.3) is 0 Å². The zero-order valence-electron chi connectivity index (χ0n) is 15.3. The molecule has 2 aromatic carbocycles. The fourth-order valence-electron chi connectivity index (χ4n) is 2.38. The highest BCUT2D eigenvalue weighted by molar-refractivity contribution is 6.05. The van der Waals surface area contributed by atoms with Gasteiger partial charge in [-0.25, -0.2) is 0 Å². The van der Waals surface area contributed by atoms with Crippen LogP contribution in [0.2, 0.25) is 0 Å². The molecule has 5 nitrogen and oxygen atoms in total. The number of benzene rings is 2. The van der Waals surface area contributed by atoms with E-state index in [1.807, 2.05) is 0 Å². The minimum Gasteiger partial charge on any atom is -0.326 e. The molecule has 2 rings (SSSR count). The highest BCUT2D eigenvalue weighted by Gasteiger charge is 2.30. The summed E-state index contributed by atoms with van der Waals surface area (Å²) in [5.74, 6) is -1.05. The maximum absolute atomic E-state index is 12.8. The molecule has 0 fully saturated rings. The van der Waals surface area contributed by atoms with Crippen molar-refractivity contribution in [2.24, 2.45) is 5.92 Å². The summed E-state index contributed by atoms with van der Waals surface area (Å²) in [5.41, 5.74) is -0.169. The van der Waals surface area contributed by atoms with Gasteiger partial charge in [0.2, 0.25) is 5.91 Å². The number of nitrogens with one attached hydrogen (secondary N) is 3. The summed E-state index contributed by atoms with van der Waals surface area (Å²) in [6.45, 7) is 2.26. The number of rotatable bonds is 6. The molecule has 0 saturated carbocycles. The molecule has 1 unspecified atom stereocenters. The van der Waals surface area contributed by atoms with Crippen molar-refractivity contribution in [3.05, 3.63) is 59.7 Å². The summed E-state index contributed by atoms with van der Waals surface area (Å²) in [4.78, 5) is 24.4. The Bertz CT molecular complexity index is 828. The van der Waals surface area contributed by atoms with E-state index in [9.17, 15) is 22.8 Å². The molecule has 0 heterocycles. The summed E-state index contributed by atoms with van der Waals surface area (Å²) in [7, 11) is 1.74. The summed E-state index contributed by atoms with van der Waals surface area (Å²) in [6, 6.07) is 10.6. The fraction of sp³-hybridized carbons (Fsp3) is 0.263. The van der Waals surface area contributed by atoms with E-state index in [1.54, 1.807) is 26.1 Å². The maximum Gasteiger partial charge on any atom is 0.416 e. The van der Waals surface area contributed by atoms with Crippen LogP contribution in [0, 0.1) is 5.92 Å². The van der Waals surface area contributed by atoms with Crippen molar-refractivity contribution < 1.29 is 22.8 Å². The van der Waals surface area contributed by atoms with Crippen molar-refractivity contribution >= 4 is 35.6 Å². The molecule has 2 aromatic rings. The van der Waals surface area contributed by atoms with E-state index >= 15 is 0 Å². The molecule has 9 heteroatoms. The topological polar surface area (TPSA) is 70.2 Å². The Hall–Kier alpha value is -2.58. The van der Waals surface area contributed by atoms with Gasteiger partial charge in [-0.05, 0) is 43.4 Å². The quantitative estimate of drug-likeness (QED) is 0.663. The van der Waals surface area contributed by atoms with Gasteiger partial charge in [-0.2, -0.15) is 13.2 Å². The van der Waals surface area contributed by atoms with E-state index in [2.05, 4.69) is 16.0 Å². The first-order valence-corrected chi connectivity index (χ1v) is 8.25. The molecule has 0 aliphatic rings. The Kier molecular flexibility index (Phi) is 8.46. The van der Waals surface area contributed by atoms with Crippen LogP contribution >= 0.6 is 12.4 Å². The largest absolute Gasteiger partial charge is 0.416 e. The lowest BCUT2D eigenvalue weighted by atomic mass is 10.1. The van der Waals surface area contributed by atoms with E-state index < -0.39 is 17.6 Å². The second-order valence-electron chi connectivity index (χ2n) is 6.06. The number of carbonyl (C=O) groups excluding carboxylic acids is 2. The monoisotopic (exact) mass is 415 g/mol. The molecule has 0 spiro atoms. The third kappa shape index (κ3) is 6.54. The molecule has 3 N–H and O–H groups in total. The number of carbonyl (C=O) groups is 2. The van der Waals surface area contributed by atoms with Crippen molar-refractivity contribution in [1.29, 1.82) is 0 Å². The van der Waals surface area contributed by atoms with Crippen LogP contribution in [0.15, 0.2) is 48.5 Å². The average Bonchev–Trinajstić information content (AvgIpc) is 2.61. The van der Waals surface area contributed by atoms with E-state index in [0.717, 1.165) is 12.1 Å². The molecule has 28 heavy (non-hydrogen) atoms. The predicted octanol–water partition coefficient (Wildman–Crippen LogP) is 4.17. The maximum atomic E-state index is 12.8. The Labute approximate surface area is 167 Å². The van der Waals surface area contributed by atoms with Crippen LogP contribution in [0.4, 0.5) is 24.5 Å². The van der Waals surface area contributed by atoms with Gasteiger partial charge in [0.25, 0.3) is 5.91 Å². The Morgan fingerprint density at radius 1 is 1.00 bits per heavy atom. The van der Waals surface area contributed by atoms with Gasteiger partial charge in [0, 0.05) is 29.4 Å². The van der Waals surface area contributed by atoms with Gasteiger partial charge in [0.05, 0.1) is 5.56 Å². The van der Waals surface area contributed by atoms with Gasteiger partial charge in [0.1, 0.15) is 0 Å². The summed E-state index contributed by atoms with van der Waals surface area (Å²) < 4.78 is 38.3. The van der Waals surface area contributed by atoms with Crippen LogP contribution in [0.5, 0.6) is 0 Å². The molecular weight excluding hydrogens is 395 g/mol. The van der Waals surface area contributed by atoms with Crippen LogP contribution in [-0.4, -0.2) is 25.4 Å². The van der Waals surface area contributed by atoms with Crippen molar-refractivity contribution in [2.45, 2.75) is 13.1 Å².